The zero-order valence-electron chi connectivity index (χ0n) is 23.5. The van der Waals surface area contributed by atoms with E-state index in [0.717, 1.165) is 9.87 Å². The summed E-state index contributed by atoms with van der Waals surface area (Å²) in [5, 5.41) is 2.88. The van der Waals surface area contributed by atoms with Gasteiger partial charge in [-0.1, -0.05) is 62.4 Å². The fourth-order valence-corrected chi connectivity index (χ4v) is 5.47. The number of benzene rings is 3. The largest absolute Gasteiger partial charge is 0.493 e. The Morgan fingerprint density at radius 3 is 2.02 bits per heavy atom. The van der Waals surface area contributed by atoms with Crippen molar-refractivity contribution in [2.45, 2.75) is 38.3 Å². The van der Waals surface area contributed by atoms with E-state index in [0.29, 0.717) is 18.0 Å². The minimum Gasteiger partial charge on any atom is -0.493 e. The van der Waals surface area contributed by atoms with Crippen LogP contribution in [0.4, 0.5) is 5.69 Å². The Morgan fingerprint density at radius 1 is 0.850 bits per heavy atom. The molecule has 40 heavy (non-hydrogen) atoms. The van der Waals surface area contributed by atoms with Gasteiger partial charge in [0.1, 0.15) is 12.6 Å². The lowest BCUT2D eigenvalue weighted by Crippen LogP contribution is -2.51. The number of para-hydroxylation sites is 1. The smallest absolute Gasteiger partial charge is 0.264 e. The van der Waals surface area contributed by atoms with E-state index in [4.69, 9.17) is 9.47 Å². The fourth-order valence-electron chi connectivity index (χ4n) is 4.04. The van der Waals surface area contributed by atoms with Gasteiger partial charge in [-0.3, -0.25) is 13.9 Å². The number of ether oxygens (including phenoxy) is 2. The summed E-state index contributed by atoms with van der Waals surface area (Å²) < 4.78 is 39.6. The average molecular weight is 568 g/mol. The summed E-state index contributed by atoms with van der Waals surface area (Å²) in [6, 6.07) is 21.1. The number of methoxy groups -OCH3 is 2. The SMILES string of the molecule is COc1ccc(S(=O)(=O)N(CC(=O)N(Cc2ccccc2)C(C)C(=O)NCC(C)C)c2ccccc2)cc1OC. The van der Waals surface area contributed by atoms with E-state index in [9.17, 15) is 18.0 Å². The molecule has 0 aliphatic rings. The quantitative estimate of drug-likeness (QED) is 0.334. The third-order valence-electron chi connectivity index (χ3n) is 6.31. The Morgan fingerprint density at radius 2 is 1.45 bits per heavy atom. The second-order valence-electron chi connectivity index (χ2n) is 9.69. The summed E-state index contributed by atoms with van der Waals surface area (Å²) in [5.41, 5.74) is 1.12. The molecule has 214 valence electrons. The Balaban J connectivity index is 2.01. The number of carbonyl (C=O) groups is 2. The molecule has 0 aliphatic carbocycles. The average Bonchev–Trinajstić information content (AvgIpc) is 2.97. The minimum absolute atomic E-state index is 0.0702. The van der Waals surface area contributed by atoms with Crippen LogP contribution < -0.4 is 19.1 Å². The van der Waals surface area contributed by atoms with E-state index in [1.807, 2.05) is 44.2 Å². The zero-order valence-corrected chi connectivity index (χ0v) is 24.4. The van der Waals surface area contributed by atoms with Gasteiger partial charge in [0.15, 0.2) is 11.5 Å². The van der Waals surface area contributed by atoms with Gasteiger partial charge in [0.25, 0.3) is 10.0 Å². The van der Waals surface area contributed by atoms with Gasteiger partial charge in [-0.15, -0.1) is 0 Å². The van der Waals surface area contributed by atoms with Crippen molar-refractivity contribution in [3.05, 3.63) is 84.4 Å². The number of sulfonamides is 1. The van der Waals surface area contributed by atoms with Crippen LogP contribution in [0.5, 0.6) is 11.5 Å². The second-order valence-corrected chi connectivity index (χ2v) is 11.5. The highest BCUT2D eigenvalue weighted by Gasteiger charge is 2.33. The van der Waals surface area contributed by atoms with Gasteiger partial charge in [-0.05, 0) is 42.7 Å². The van der Waals surface area contributed by atoms with E-state index in [-0.39, 0.29) is 29.0 Å². The van der Waals surface area contributed by atoms with Gasteiger partial charge >= 0.3 is 0 Å². The van der Waals surface area contributed by atoms with Crippen LogP contribution in [-0.2, 0) is 26.2 Å². The van der Waals surface area contributed by atoms with Crippen molar-refractivity contribution in [2.24, 2.45) is 5.92 Å². The lowest BCUT2D eigenvalue weighted by atomic mass is 10.1. The van der Waals surface area contributed by atoms with Crippen LogP contribution in [0.15, 0.2) is 83.8 Å². The summed E-state index contributed by atoms with van der Waals surface area (Å²) in [4.78, 5) is 28.3. The Kier molecular flexibility index (Phi) is 10.6. The fraction of sp³-hybridized carbons (Fsp3) is 0.333. The molecule has 0 bridgehead atoms. The summed E-state index contributed by atoms with van der Waals surface area (Å²) in [6.07, 6.45) is 0. The molecule has 1 N–H and O–H groups in total. The molecule has 0 spiro atoms. The molecule has 1 atom stereocenters. The predicted molar refractivity (Wildman–Crippen MR) is 155 cm³/mol. The number of carbonyl (C=O) groups excluding carboxylic acids is 2. The maximum atomic E-state index is 14.0. The van der Waals surface area contributed by atoms with Crippen molar-refractivity contribution in [3.8, 4) is 11.5 Å². The first kappa shape index (κ1) is 30.5. The van der Waals surface area contributed by atoms with Gasteiger partial charge in [-0.2, -0.15) is 0 Å². The Labute approximate surface area is 236 Å². The monoisotopic (exact) mass is 567 g/mol. The highest BCUT2D eigenvalue weighted by atomic mass is 32.2. The van der Waals surface area contributed by atoms with Crippen LogP contribution >= 0.6 is 0 Å². The van der Waals surface area contributed by atoms with Crippen molar-refractivity contribution in [1.29, 1.82) is 0 Å². The number of nitrogens with zero attached hydrogens (tertiary/aromatic N) is 2. The number of hydrogen-bond donors (Lipinski definition) is 1. The van der Waals surface area contributed by atoms with Crippen LogP contribution in [0.25, 0.3) is 0 Å². The zero-order chi connectivity index (χ0) is 29.3. The van der Waals surface area contributed by atoms with E-state index < -0.39 is 28.5 Å². The highest BCUT2D eigenvalue weighted by Crippen LogP contribution is 2.32. The second kappa shape index (κ2) is 13.8. The molecular weight excluding hydrogens is 530 g/mol. The van der Waals surface area contributed by atoms with Gasteiger partial charge < -0.3 is 19.7 Å². The standard InChI is InChI=1S/C30H37N3O6S/c1-22(2)19-31-30(35)23(3)32(20-24-12-8-6-9-13-24)29(34)21-33(25-14-10-7-11-15-25)40(36,37)26-16-17-27(38-4)28(18-26)39-5/h6-18,22-23H,19-21H2,1-5H3,(H,31,35). The minimum atomic E-state index is -4.23. The highest BCUT2D eigenvalue weighted by molar-refractivity contribution is 7.92. The first-order valence-electron chi connectivity index (χ1n) is 13.0. The van der Waals surface area contributed by atoms with Crippen molar-refractivity contribution in [2.75, 3.05) is 31.6 Å². The number of hydrogen-bond acceptors (Lipinski definition) is 6. The molecule has 0 fully saturated rings. The van der Waals surface area contributed by atoms with Gasteiger partial charge in [0.05, 0.1) is 24.8 Å². The number of anilines is 1. The van der Waals surface area contributed by atoms with Gasteiger partial charge in [-0.25, -0.2) is 8.42 Å². The Bertz CT molecular complexity index is 1380. The summed E-state index contributed by atoms with van der Waals surface area (Å²) in [6.45, 7) is 5.68. The van der Waals surface area contributed by atoms with Crippen LogP contribution in [0, 0.1) is 5.92 Å². The number of amides is 2. The van der Waals surface area contributed by atoms with Gasteiger partial charge in [0, 0.05) is 19.2 Å². The van der Waals surface area contributed by atoms with Crippen molar-refractivity contribution >= 4 is 27.5 Å². The maximum absolute atomic E-state index is 14.0. The van der Waals surface area contributed by atoms with Crippen molar-refractivity contribution in [3.63, 3.8) is 0 Å². The first-order chi connectivity index (χ1) is 19.1. The molecule has 0 heterocycles. The maximum Gasteiger partial charge on any atom is 0.264 e. The Hall–Kier alpha value is -4.05. The molecule has 0 saturated carbocycles. The number of nitrogens with one attached hydrogen (secondary N) is 1. The van der Waals surface area contributed by atoms with E-state index in [2.05, 4.69) is 5.32 Å². The lowest BCUT2D eigenvalue weighted by Gasteiger charge is -2.32. The van der Waals surface area contributed by atoms with Crippen LogP contribution in [0.2, 0.25) is 0 Å². The third-order valence-corrected chi connectivity index (χ3v) is 8.08. The molecule has 0 radical (unpaired) electrons. The summed E-state index contributed by atoms with van der Waals surface area (Å²) in [7, 11) is -1.36. The molecule has 3 aromatic carbocycles. The van der Waals surface area contributed by atoms with Crippen LogP contribution in [0.1, 0.15) is 26.3 Å². The lowest BCUT2D eigenvalue weighted by molar-refractivity contribution is -0.139. The van der Waals surface area contributed by atoms with Crippen LogP contribution in [0.3, 0.4) is 0 Å². The summed E-state index contributed by atoms with van der Waals surface area (Å²) in [5.74, 6) is 0.00805. The number of rotatable bonds is 13. The molecule has 2 amide bonds. The van der Waals surface area contributed by atoms with Crippen LogP contribution in [-0.4, -0.2) is 58.5 Å². The molecule has 10 heteroatoms. The molecular formula is C30H37N3O6S. The molecule has 1 unspecified atom stereocenters. The molecule has 9 nitrogen and oxygen atoms in total. The molecule has 0 saturated heterocycles. The predicted octanol–water partition coefficient (Wildman–Crippen LogP) is 4.09. The molecule has 0 aromatic heterocycles. The van der Waals surface area contributed by atoms with E-state index in [1.54, 1.807) is 37.3 Å². The van der Waals surface area contributed by atoms with Crippen molar-refractivity contribution in [1.82, 2.24) is 10.2 Å². The van der Waals surface area contributed by atoms with Crippen molar-refractivity contribution < 1.29 is 27.5 Å². The normalized spacial score (nSPS) is 11.9. The molecule has 0 aliphatic heterocycles. The third kappa shape index (κ3) is 7.53. The molecule has 3 aromatic rings. The summed E-state index contributed by atoms with van der Waals surface area (Å²) >= 11 is 0. The topological polar surface area (TPSA) is 105 Å². The first-order valence-corrected chi connectivity index (χ1v) is 14.4. The van der Waals surface area contributed by atoms with Gasteiger partial charge in [0.2, 0.25) is 11.8 Å². The van der Waals surface area contributed by atoms with E-state index >= 15 is 0 Å². The molecule has 3 rings (SSSR count). The van der Waals surface area contributed by atoms with E-state index in [1.165, 1.54) is 37.3 Å².